The molecule has 2 fully saturated rings. The van der Waals surface area contributed by atoms with Crippen molar-refractivity contribution >= 4 is 5.91 Å². The number of benzene rings is 1. The van der Waals surface area contributed by atoms with Crippen LogP contribution in [0.4, 0.5) is 4.39 Å². The smallest absolute Gasteiger partial charge is 0.257 e. The number of aromatic amines is 1. The summed E-state index contributed by atoms with van der Waals surface area (Å²) in [5, 5.41) is 16.5. The number of carbonyl (C=O) groups is 1. The summed E-state index contributed by atoms with van der Waals surface area (Å²) >= 11 is 0. The molecule has 152 valence electrons. The lowest BCUT2D eigenvalue weighted by molar-refractivity contribution is 0.0301. The van der Waals surface area contributed by atoms with Gasteiger partial charge < -0.3 is 9.64 Å². The predicted octanol–water partition coefficient (Wildman–Crippen LogP) is 2.27. The van der Waals surface area contributed by atoms with Gasteiger partial charge in [0.1, 0.15) is 5.82 Å². The van der Waals surface area contributed by atoms with Crippen LogP contribution in [-0.2, 0) is 11.3 Å². The third kappa shape index (κ3) is 4.31. The lowest BCUT2D eigenvalue weighted by Gasteiger charge is -2.33. The Morgan fingerprint density at radius 1 is 1.34 bits per heavy atom. The topological polar surface area (TPSA) is 85.2 Å². The van der Waals surface area contributed by atoms with Crippen molar-refractivity contribution in [3.05, 3.63) is 52.6 Å². The molecule has 0 bridgehead atoms. The summed E-state index contributed by atoms with van der Waals surface area (Å²) in [6.07, 6.45) is 3.58. The number of hydrogen-bond donors (Lipinski definition) is 1. The number of H-pyrrole nitrogens is 1. The van der Waals surface area contributed by atoms with Gasteiger partial charge in [0.25, 0.3) is 5.91 Å². The number of rotatable bonds is 4. The van der Waals surface area contributed by atoms with E-state index in [1.54, 1.807) is 12.3 Å². The normalized spacial score (nSPS) is 20.4. The Labute approximate surface area is 169 Å². The van der Waals surface area contributed by atoms with E-state index in [4.69, 9.17) is 4.74 Å². The number of amides is 1. The minimum Gasteiger partial charge on any atom is -0.378 e. The number of hydrogen-bond acceptors (Lipinski definition) is 5. The number of nitrogens with zero attached hydrogens (tertiary/aromatic N) is 4. The molecule has 0 aliphatic carbocycles. The number of ether oxygens (including phenoxy) is 1. The van der Waals surface area contributed by atoms with Gasteiger partial charge >= 0.3 is 0 Å². The first-order valence-electron chi connectivity index (χ1n) is 9.97. The third-order valence-corrected chi connectivity index (χ3v) is 5.70. The number of likely N-dealkylation sites (tertiary alicyclic amines) is 1. The first kappa shape index (κ1) is 19.6. The fourth-order valence-corrected chi connectivity index (χ4v) is 4.18. The largest absolute Gasteiger partial charge is 0.378 e. The maximum atomic E-state index is 13.4. The van der Waals surface area contributed by atoms with E-state index < -0.39 is 5.82 Å². The van der Waals surface area contributed by atoms with Gasteiger partial charge in [-0.2, -0.15) is 10.4 Å². The number of carbonyl (C=O) groups excluding carboxylic acids is 1. The number of nitrogens with one attached hydrogen (secondary N) is 1. The van der Waals surface area contributed by atoms with Crippen molar-refractivity contribution in [3.63, 3.8) is 0 Å². The molecule has 29 heavy (non-hydrogen) atoms. The van der Waals surface area contributed by atoms with Crippen LogP contribution in [0.2, 0.25) is 0 Å². The van der Waals surface area contributed by atoms with Crippen molar-refractivity contribution in [1.29, 1.82) is 5.26 Å². The van der Waals surface area contributed by atoms with Crippen molar-refractivity contribution in [3.8, 4) is 6.07 Å². The molecular weight excluding hydrogens is 373 g/mol. The van der Waals surface area contributed by atoms with Crippen LogP contribution < -0.4 is 0 Å². The van der Waals surface area contributed by atoms with Crippen LogP contribution in [0.1, 0.15) is 45.9 Å². The van der Waals surface area contributed by atoms with Gasteiger partial charge in [0.15, 0.2) is 0 Å². The molecule has 0 radical (unpaired) electrons. The lowest BCUT2D eigenvalue weighted by atomic mass is 9.91. The van der Waals surface area contributed by atoms with Crippen LogP contribution >= 0.6 is 0 Å². The standard InChI is InChI=1S/C21H24FN5O2/c22-18-4-3-15(17(10-18)11-23)13-26-5-1-2-16(14-26)20-19(12-24-25-20)21(28)27-6-8-29-9-7-27/h3-4,10,12,16H,1-2,5-9,13-14H2,(H,24,25). The molecule has 4 rings (SSSR count). The number of piperidine rings is 1. The van der Waals surface area contributed by atoms with E-state index >= 15 is 0 Å². The molecule has 2 aliphatic rings. The summed E-state index contributed by atoms with van der Waals surface area (Å²) in [5.41, 5.74) is 2.71. The molecule has 2 saturated heterocycles. The summed E-state index contributed by atoms with van der Waals surface area (Å²) in [6, 6.07) is 6.44. The molecule has 1 atom stereocenters. The summed E-state index contributed by atoms with van der Waals surface area (Å²) < 4.78 is 18.8. The monoisotopic (exact) mass is 397 g/mol. The Kier molecular flexibility index (Phi) is 5.88. The van der Waals surface area contributed by atoms with Crippen molar-refractivity contribution in [2.45, 2.75) is 25.3 Å². The molecule has 7 nitrogen and oxygen atoms in total. The molecule has 2 aromatic rings. The first-order chi connectivity index (χ1) is 14.2. The molecular formula is C21H24FN5O2. The molecule has 0 spiro atoms. The Hall–Kier alpha value is -2.76. The highest BCUT2D eigenvalue weighted by atomic mass is 19.1. The van der Waals surface area contributed by atoms with Gasteiger partial charge in [0, 0.05) is 32.1 Å². The maximum absolute atomic E-state index is 13.4. The van der Waals surface area contributed by atoms with Gasteiger partial charge in [-0.3, -0.25) is 14.8 Å². The SMILES string of the molecule is N#Cc1cc(F)ccc1CN1CCCC(c2[nH]ncc2C(=O)N2CCOCC2)C1. The van der Waals surface area contributed by atoms with E-state index in [-0.39, 0.29) is 11.8 Å². The van der Waals surface area contributed by atoms with E-state index in [0.29, 0.717) is 44.0 Å². The quantitative estimate of drug-likeness (QED) is 0.856. The van der Waals surface area contributed by atoms with E-state index in [2.05, 4.69) is 21.2 Å². The molecule has 0 saturated carbocycles. The Morgan fingerprint density at radius 2 is 2.17 bits per heavy atom. The molecule has 2 aliphatic heterocycles. The van der Waals surface area contributed by atoms with Crippen LogP contribution in [0, 0.1) is 17.1 Å². The van der Waals surface area contributed by atoms with Crippen LogP contribution in [-0.4, -0.2) is 65.3 Å². The highest BCUT2D eigenvalue weighted by Gasteiger charge is 2.29. The van der Waals surface area contributed by atoms with Crippen LogP contribution in [0.15, 0.2) is 24.4 Å². The second kappa shape index (κ2) is 8.72. The second-order valence-corrected chi connectivity index (χ2v) is 7.59. The highest BCUT2D eigenvalue weighted by Crippen LogP contribution is 2.29. The van der Waals surface area contributed by atoms with E-state index in [0.717, 1.165) is 37.2 Å². The number of aromatic nitrogens is 2. The van der Waals surface area contributed by atoms with Gasteiger partial charge in [-0.15, -0.1) is 0 Å². The molecule has 8 heteroatoms. The Bertz CT molecular complexity index is 916. The molecule has 1 amide bonds. The minimum absolute atomic E-state index is 0.000486. The summed E-state index contributed by atoms with van der Waals surface area (Å²) in [5.74, 6) is -0.234. The lowest BCUT2D eigenvalue weighted by Crippen LogP contribution is -2.41. The molecule has 1 aromatic heterocycles. The molecule has 3 heterocycles. The minimum atomic E-state index is -0.398. The predicted molar refractivity (Wildman–Crippen MR) is 104 cm³/mol. The van der Waals surface area contributed by atoms with Gasteiger partial charge in [0.05, 0.1) is 42.3 Å². The van der Waals surface area contributed by atoms with Gasteiger partial charge in [0.2, 0.25) is 0 Å². The van der Waals surface area contributed by atoms with E-state index in [9.17, 15) is 14.4 Å². The van der Waals surface area contributed by atoms with Crippen molar-refractivity contribution < 1.29 is 13.9 Å². The highest BCUT2D eigenvalue weighted by molar-refractivity contribution is 5.95. The summed E-state index contributed by atoms with van der Waals surface area (Å²) in [6.45, 7) is 4.57. The van der Waals surface area contributed by atoms with Crippen molar-refractivity contribution in [2.75, 3.05) is 39.4 Å². The zero-order chi connectivity index (χ0) is 20.2. The molecule has 1 N–H and O–H groups in total. The number of nitriles is 1. The van der Waals surface area contributed by atoms with Crippen molar-refractivity contribution in [2.24, 2.45) is 0 Å². The molecule has 1 unspecified atom stereocenters. The average molecular weight is 397 g/mol. The average Bonchev–Trinajstić information content (AvgIpc) is 3.25. The van der Waals surface area contributed by atoms with Crippen LogP contribution in [0.3, 0.4) is 0 Å². The first-order valence-corrected chi connectivity index (χ1v) is 9.97. The van der Waals surface area contributed by atoms with Gasteiger partial charge in [-0.25, -0.2) is 4.39 Å². The Morgan fingerprint density at radius 3 is 2.97 bits per heavy atom. The zero-order valence-corrected chi connectivity index (χ0v) is 16.2. The van der Waals surface area contributed by atoms with E-state index in [1.807, 2.05) is 4.90 Å². The van der Waals surface area contributed by atoms with Crippen LogP contribution in [0.5, 0.6) is 0 Å². The van der Waals surface area contributed by atoms with E-state index in [1.165, 1.54) is 12.1 Å². The number of halogens is 1. The van der Waals surface area contributed by atoms with Gasteiger partial charge in [-0.05, 0) is 37.1 Å². The van der Waals surface area contributed by atoms with Crippen LogP contribution in [0.25, 0.3) is 0 Å². The summed E-state index contributed by atoms with van der Waals surface area (Å²) in [7, 11) is 0. The second-order valence-electron chi connectivity index (χ2n) is 7.59. The number of morpholine rings is 1. The fourth-order valence-electron chi connectivity index (χ4n) is 4.18. The maximum Gasteiger partial charge on any atom is 0.257 e. The van der Waals surface area contributed by atoms with Crippen molar-refractivity contribution in [1.82, 2.24) is 20.0 Å². The van der Waals surface area contributed by atoms with Gasteiger partial charge in [-0.1, -0.05) is 6.07 Å². The molecule has 1 aromatic carbocycles. The summed E-state index contributed by atoms with van der Waals surface area (Å²) in [4.78, 5) is 17.0. The Balaban J connectivity index is 1.48. The fraction of sp³-hybridized carbons (Fsp3) is 0.476. The zero-order valence-electron chi connectivity index (χ0n) is 16.2. The third-order valence-electron chi connectivity index (χ3n) is 5.70.